The van der Waals surface area contributed by atoms with Gasteiger partial charge in [0.15, 0.2) is 0 Å². The quantitative estimate of drug-likeness (QED) is 0.567. The average molecular weight is 248 g/mol. The van der Waals surface area contributed by atoms with Gasteiger partial charge in [-0.1, -0.05) is 23.2 Å². The Bertz CT molecular complexity index is 485. The van der Waals surface area contributed by atoms with Crippen molar-refractivity contribution in [1.82, 2.24) is 9.97 Å². The molecule has 5 heteroatoms. The van der Waals surface area contributed by atoms with Crippen molar-refractivity contribution in [3.8, 4) is 0 Å². The Balaban J connectivity index is 2.77. The van der Waals surface area contributed by atoms with Crippen LogP contribution in [0.1, 0.15) is 5.82 Å². The number of fused-ring (bicyclic) bond motifs is 1. The molecule has 0 aliphatic carbocycles. The van der Waals surface area contributed by atoms with Gasteiger partial charge in [-0.2, -0.15) is 0 Å². The zero-order valence-corrected chi connectivity index (χ0v) is 9.24. The van der Waals surface area contributed by atoms with E-state index in [0.717, 1.165) is 5.39 Å². The Labute approximate surface area is 95.8 Å². The predicted octanol–water partition coefficient (Wildman–Crippen LogP) is 3.68. The first kappa shape index (κ1) is 9.97. The van der Waals surface area contributed by atoms with Crippen molar-refractivity contribution < 1.29 is 0 Å². The Morgan fingerprint density at radius 2 is 1.93 bits per heavy atom. The highest BCUT2D eigenvalue weighted by atomic mass is 35.5. The molecule has 1 aromatic carbocycles. The Hall–Kier alpha value is -0.570. The predicted molar refractivity (Wildman–Crippen MR) is 59.1 cm³/mol. The fourth-order valence-electron chi connectivity index (χ4n) is 1.17. The van der Waals surface area contributed by atoms with E-state index < -0.39 is 0 Å². The maximum atomic E-state index is 5.94. The molecule has 1 heterocycles. The number of hydrogen-bond donors (Lipinski definition) is 0. The van der Waals surface area contributed by atoms with E-state index >= 15 is 0 Å². The fraction of sp³-hybridized carbons (Fsp3) is 0.111. The maximum Gasteiger partial charge on any atom is 0.145 e. The molecule has 0 N–H and O–H groups in total. The SMILES string of the molecule is ClCc1nc(Cl)c2ccc(Cl)cc2n1. The highest BCUT2D eigenvalue weighted by molar-refractivity contribution is 6.35. The monoisotopic (exact) mass is 246 g/mol. The average Bonchev–Trinajstić information content (AvgIpc) is 2.16. The molecule has 0 bridgehead atoms. The molecular formula is C9H5Cl3N2. The van der Waals surface area contributed by atoms with Crippen LogP contribution in [0.4, 0.5) is 0 Å². The number of nitrogens with zero attached hydrogens (tertiary/aromatic N) is 2. The van der Waals surface area contributed by atoms with Crippen LogP contribution < -0.4 is 0 Å². The molecule has 0 saturated heterocycles. The van der Waals surface area contributed by atoms with Gasteiger partial charge in [0, 0.05) is 10.4 Å². The minimum absolute atomic E-state index is 0.238. The third-order valence-corrected chi connectivity index (χ3v) is 2.54. The highest BCUT2D eigenvalue weighted by Gasteiger charge is 2.05. The number of alkyl halides is 1. The summed E-state index contributed by atoms with van der Waals surface area (Å²) in [5.74, 6) is 0.744. The minimum atomic E-state index is 0.238. The second-order valence-corrected chi connectivity index (χ2v) is 3.79. The summed E-state index contributed by atoms with van der Waals surface area (Å²) in [6, 6.07) is 5.28. The van der Waals surface area contributed by atoms with Gasteiger partial charge in [0.2, 0.25) is 0 Å². The summed E-state index contributed by atoms with van der Waals surface area (Å²) < 4.78 is 0. The standard InChI is InChI=1S/C9H5Cl3N2/c10-4-8-13-7-3-5(11)1-2-6(7)9(12)14-8/h1-3H,4H2. The molecular weight excluding hydrogens is 242 g/mol. The molecule has 0 amide bonds. The van der Waals surface area contributed by atoms with Crippen molar-refractivity contribution in [3.05, 3.63) is 34.2 Å². The molecule has 0 unspecified atom stereocenters. The fourth-order valence-corrected chi connectivity index (χ4v) is 1.71. The van der Waals surface area contributed by atoms with Crippen LogP contribution in [0.15, 0.2) is 18.2 Å². The second kappa shape index (κ2) is 3.89. The molecule has 0 aliphatic rings. The van der Waals surface area contributed by atoms with Crippen LogP contribution in [0.5, 0.6) is 0 Å². The zero-order valence-electron chi connectivity index (χ0n) is 6.97. The van der Waals surface area contributed by atoms with Gasteiger partial charge in [-0.3, -0.25) is 0 Å². The molecule has 72 valence electrons. The lowest BCUT2D eigenvalue weighted by Gasteiger charge is -2.01. The molecule has 0 radical (unpaired) electrons. The molecule has 14 heavy (non-hydrogen) atoms. The van der Waals surface area contributed by atoms with Crippen molar-refractivity contribution >= 4 is 45.7 Å². The van der Waals surface area contributed by atoms with E-state index in [2.05, 4.69) is 9.97 Å². The highest BCUT2D eigenvalue weighted by Crippen LogP contribution is 2.23. The number of halogens is 3. The van der Waals surface area contributed by atoms with Crippen LogP contribution in [0.2, 0.25) is 10.2 Å². The summed E-state index contributed by atoms with van der Waals surface area (Å²) >= 11 is 17.4. The zero-order chi connectivity index (χ0) is 10.1. The van der Waals surface area contributed by atoms with Crippen LogP contribution in [0, 0.1) is 0 Å². The van der Waals surface area contributed by atoms with Crippen molar-refractivity contribution in [3.63, 3.8) is 0 Å². The number of aromatic nitrogens is 2. The van der Waals surface area contributed by atoms with Gasteiger partial charge in [-0.05, 0) is 18.2 Å². The van der Waals surface area contributed by atoms with Crippen LogP contribution in [0.3, 0.4) is 0 Å². The summed E-state index contributed by atoms with van der Waals surface area (Å²) in [4.78, 5) is 8.23. The molecule has 0 atom stereocenters. The molecule has 1 aromatic heterocycles. The summed E-state index contributed by atoms with van der Waals surface area (Å²) in [6.07, 6.45) is 0. The Kier molecular flexibility index (Phi) is 2.77. The van der Waals surface area contributed by atoms with Gasteiger partial charge in [-0.25, -0.2) is 9.97 Å². The summed E-state index contributed by atoms with van der Waals surface area (Å²) in [5.41, 5.74) is 0.716. The lowest BCUT2D eigenvalue weighted by molar-refractivity contribution is 1.06. The van der Waals surface area contributed by atoms with Crippen molar-refractivity contribution in [2.24, 2.45) is 0 Å². The summed E-state index contributed by atoms with van der Waals surface area (Å²) in [7, 11) is 0. The molecule has 2 nitrogen and oxygen atoms in total. The van der Waals surface area contributed by atoms with E-state index in [0.29, 0.717) is 21.5 Å². The maximum absolute atomic E-state index is 5.94. The van der Waals surface area contributed by atoms with E-state index in [1.807, 2.05) is 0 Å². The van der Waals surface area contributed by atoms with E-state index in [1.165, 1.54) is 0 Å². The van der Waals surface area contributed by atoms with Crippen LogP contribution in [-0.2, 0) is 5.88 Å². The van der Waals surface area contributed by atoms with Gasteiger partial charge < -0.3 is 0 Å². The Morgan fingerprint density at radius 1 is 1.14 bits per heavy atom. The van der Waals surface area contributed by atoms with E-state index in [-0.39, 0.29) is 5.88 Å². The van der Waals surface area contributed by atoms with E-state index in [1.54, 1.807) is 18.2 Å². The van der Waals surface area contributed by atoms with Crippen molar-refractivity contribution in [2.45, 2.75) is 5.88 Å². The van der Waals surface area contributed by atoms with Gasteiger partial charge in [0.1, 0.15) is 11.0 Å². The van der Waals surface area contributed by atoms with Crippen molar-refractivity contribution in [1.29, 1.82) is 0 Å². The topological polar surface area (TPSA) is 25.8 Å². The molecule has 0 fully saturated rings. The van der Waals surface area contributed by atoms with Gasteiger partial charge >= 0.3 is 0 Å². The number of benzene rings is 1. The second-order valence-electron chi connectivity index (χ2n) is 2.73. The van der Waals surface area contributed by atoms with Crippen molar-refractivity contribution in [2.75, 3.05) is 0 Å². The first-order valence-electron chi connectivity index (χ1n) is 3.88. The summed E-state index contributed by atoms with van der Waals surface area (Å²) in [5, 5.41) is 1.81. The van der Waals surface area contributed by atoms with E-state index in [4.69, 9.17) is 34.8 Å². The molecule has 2 aromatic rings. The lowest BCUT2D eigenvalue weighted by Crippen LogP contribution is -1.93. The lowest BCUT2D eigenvalue weighted by atomic mass is 10.2. The number of rotatable bonds is 1. The molecule has 0 spiro atoms. The normalized spacial score (nSPS) is 10.8. The summed E-state index contributed by atoms with van der Waals surface area (Å²) in [6.45, 7) is 0. The van der Waals surface area contributed by atoms with Gasteiger partial charge in [-0.15, -0.1) is 11.6 Å². The third-order valence-electron chi connectivity index (χ3n) is 1.78. The van der Waals surface area contributed by atoms with Crippen LogP contribution in [0.25, 0.3) is 10.9 Å². The van der Waals surface area contributed by atoms with Crippen LogP contribution >= 0.6 is 34.8 Å². The third kappa shape index (κ3) is 1.78. The first-order valence-corrected chi connectivity index (χ1v) is 5.17. The molecule has 0 saturated carbocycles. The van der Waals surface area contributed by atoms with E-state index in [9.17, 15) is 0 Å². The molecule has 0 aliphatic heterocycles. The minimum Gasteiger partial charge on any atom is -0.231 e. The largest absolute Gasteiger partial charge is 0.231 e. The smallest absolute Gasteiger partial charge is 0.145 e. The Morgan fingerprint density at radius 3 is 2.64 bits per heavy atom. The van der Waals surface area contributed by atoms with Gasteiger partial charge in [0.05, 0.1) is 11.4 Å². The van der Waals surface area contributed by atoms with Gasteiger partial charge in [0.25, 0.3) is 0 Å². The number of hydrogen-bond acceptors (Lipinski definition) is 2. The molecule has 2 rings (SSSR count). The van der Waals surface area contributed by atoms with Crippen LogP contribution in [-0.4, -0.2) is 9.97 Å². The first-order chi connectivity index (χ1) is 6.70.